The topological polar surface area (TPSA) is 101 Å². The van der Waals surface area contributed by atoms with E-state index in [0.717, 1.165) is 25.7 Å². The van der Waals surface area contributed by atoms with Gasteiger partial charge in [-0.15, -0.1) is 0 Å². The Kier molecular flexibility index (Phi) is 7.99. The lowest BCUT2D eigenvalue weighted by atomic mass is 10.0. The largest absolute Gasteiger partial charge is 0.497 e. The highest BCUT2D eigenvalue weighted by atomic mass is 19.1. The smallest absolute Gasteiger partial charge is 0.287 e. The minimum Gasteiger partial charge on any atom is -0.497 e. The number of nitrogens with zero attached hydrogens (tertiary/aromatic N) is 1. The number of carbonyl (C=O) groups excluding carboxylic acids is 3. The minimum absolute atomic E-state index is 0.00873. The summed E-state index contributed by atoms with van der Waals surface area (Å²) in [6.07, 6.45) is 5.12. The second-order valence-corrected chi connectivity index (χ2v) is 8.57. The molecule has 36 heavy (non-hydrogen) atoms. The number of amides is 3. The zero-order valence-corrected chi connectivity index (χ0v) is 19.9. The fourth-order valence-electron chi connectivity index (χ4n) is 4.35. The van der Waals surface area contributed by atoms with E-state index in [-0.39, 0.29) is 17.7 Å². The summed E-state index contributed by atoms with van der Waals surface area (Å²) in [4.78, 5) is 40.9. The van der Waals surface area contributed by atoms with Gasteiger partial charge < -0.3 is 19.8 Å². The lowest BCUT2D eigenvalue weighted by Crippen LogP contribution is -2.49. The number of halogens is 1. The fourth-order valence-corrected chi connectivity index (χ4v) is 4.35. The van der Waals surface area contributed by atoms with Crippen LogP contribution in [0.25, 0.3) is 0 Å². The average molecular weight is 494 g/mol. The van der Waals surface area contributed by atoms with Gasteiger partial charge in [0.05, 0.1) is 19.9 Å². The van der Waals surface area contributed by atoms with Gasteiger partial charge in [0.15, 0.2) is 5.76 Å². The molecule has 3 aromatic rings. The van der Waals surface area contributed by atoms with Crippen molar-refractivity contribution in [1.82, 2.24) is 10.6 Å². The number of rotatable bonds is 9. The maximum absolute atomic E-state index is 13.7. The van der Waals surface area contributed by atoms with Crippen LogP contribution in [0.3, 0.4) is 0 Å². The zero-order valence-electron chi connectivity index (χ0n) is 19.9. The third kappa shape index (κ3) is 5.91. The van der Waals surface area contributed by atoms with E-state index in [2.05, 4.69) is 10.6 Å². The van der Waals surface area contributed by atoms with Crippen LogP contribution in [0.15, 0.2) is 71.3 Å². The van der Waals surface area contributed by atoms with Crippen molar-refractivity contribution in [3.8, 4) is 5.75 Å². The zero-order chi connectivity index (χ0) is 25.5. The van der Waals surface area contributed by atoms with Crippen LogP contribution in [0.1, 0.15) is 47.8 Å². The third-order valence-electron chi connectivity index (χ3n) is 6.14. The number of methoxy groups -OCH3 is 1. The number of anilines is 1. The molecule has 8 nitrogen and oxygen atoms in total. The number of furan rings is 1. The monoisotopic (exact) mass is 493 g/mol. The van der Waals surface area contributed by atoms with Crippen molar-refractivity contribution in [3.05, 3.63) is 84.1 Å². The molecule has 2 aromatic carbocycles. The number of carbonyl (C=O) groups is 3. The molecule has 0 bridgehead atoms. The van der Waals surface area contributed by atoms with Crippen LogP contribution in [0, 0.1) is 5.82 Å². The van der Waals surface area contributed by atoms with Crippen molar-refractivity contribution >= 4 is 23.4 Å². The Bertz CT molecular complexity index is 1190. The van der Waals surface area contributed by atoms with E-state index in [1.807, 2.05) is 0 Å². The predicted octanol–water partition coefficient (Wildman–Crippen LogP) is 3.99. The minimum atomic E-state index is -1.08. The number of benzene rings is 2. The Balaban J connectivity index is 1.70. The van der Waals surface area contributed by atoms with Crippen LogP contribution in [0.2, 0.25) is 0 Å². The molecular weight excluding hydrogens is 465 g/mol. The van der Waals surface area contributed by atoms with E-state index in [9.17, 15) is 18.8 Å². The first-order valence-electron chi connectivity index (χ1n) is 11.8. The highest BCUT2D eigenvalue weighted by molar-refractivity contribution is 6.04. The molecule has 0 spiro atoms. The maximum atomic E-state index is 13.7. The first-order chi connectivity index (χ1) is 17.5. The molecule has 1 heterocycles. The van der Waals surface area contributed by atoms with Crippen LogP contribution < -0.4 is 20.3 Å². The Morgan fingerprint density at radius 2 is 1.83 bits per heavy atom. The Morgan fingerprint density at radius 3 is 2.50 bits per heavy atom. The Hall–Kier alpha value is -4.14. The molecule has 1 aromatic heterocycles. The van der Waals surface area contributed by atoms with E-state index in [4.69, 9.17) is 9.15 Å². The lowest BCUT2D eigenvalue weighted by Gasteiger charge is -2.32. The van der Waals surface area contributed by atoms with Gasteiger partial charge in [0.1, 0.15) is 17.6 Å². The van der Waals surface area contributed by atoms with E-state index < -0.39 is 30.2 Å². The predicted molar refractivity (Wildman–Crippen MR) is 131 cm³/mol. The van der Waals surface area contributed by atoms with Crippen LogP contribution in [-0.4, -0.2) is 37.4 Å². The Morgan fingerprint density at radius 1 is 1.08 bits per heavy atom. The SMILES string of the molecule is COc1cccc(C(C(=O)NC2CCCC2)N(C(=O)CNC(=O)c2ccco2)c2ccc(F)cc2)c1. The first kappa shape index (κ1) is 25.0. The van der Waals surface area contributed by atoms with Gasteiger partial charge in [-0.3, -0.25) is 19.3 Å². The Labute approximate surface area is 208 Å². The quantitative estimate of drug-likeness (QED) is 0.470. The molecule has 3 amide bonds. The van der Waals surface area contributed by atoms with Gasteiger partial charge in [0, 0.05) is 11.7 Å². The van der Waals surface area contributed by atoms with Crippen LogP contribution in [0.4, 0.5) is 10.1 Å². The fraction of sp³-hybridized carbons (Fsp3) is 0.296. The normalized spacial score (nSPS) is 14.2. The molecule has 1 aliphatic rings. The third-order valence-corrected chi connectivity index (χ3v) is 6.14. The molecular formula is C27H28FN3O5. The highest BCUT2D eigenvalue weighted by Gasteiger charge is 2.34. The van der Waals surface area contributed by atoms with Crippen molar-refractivity contribution in [2.75, 3.05) is 18.6 Å². The molecule has 1 atom stereocenters. The molecule has 1 fully saturated rings. The standard InChI is InChI=1S/C27H28FN3O5/c1-35-22-9-4-6-18(16-22)25(27(34)30-20-7-2-3-8-20)31(21-13-11-19(28)12-14-21)24(32)17-29-26(33)23-10-5-15-36-23/h4-6,9-16,20,25H,2-3,7-8,17H2,1H3,(H,29,33)(H,30,34). The van der Waals surface area contributed by atoms with Crippen molar-refractivity contribution in [2.24, 2.45) is 0 Å². The van der Waals surface area contributed by atoms with Crippen molar-refractivity contribution in [2.45, 2.75) is 37.8 Å². The molecule has 0 saturated heterocycles. The molecule has 4 rings (SSSR count). The summed E-state index contributed by atoms with van der Waals surface area (Å²) in [6.45, 7) is -0.409. The van der Waals surface area contributed by atoms with Crippen LogP contribution >= 0.6 is 0 Å². The molecule has 0 radical (unpaired) electrons. The van der Waals surface area contributed by atoms with Gasteiger partial charge >= 0.3 is 0 Å². The lowest BCUT2D eigenvalue weighted by molar-refractivity contribution is -0.126. The molecule has 2 N–H and O–H groups in total. The number of hydrogen-bond donors (Lipinski definition) is 2. The first-order valence-corrected chi connectivity index (χ1v) is 11.8. The maximum Gasteiger partial charge on any atom is 0.287 e. The second kappa shape index (κ2) is 11.5. The van der Waals surface area contributed by atoms with Gasteiger partial charge in [-0.25, -0.2) is 4.39 Å². The van der Waals surface area contributed by atoms with Gasteiger partial charge in [0.2, 0.25) is 11.8 Å². The number of ether oxygens (including phenoxy) is 1. The molecule has 1 saturated carbocycles. The van der Waals surface area contributed by atoms with E-state index in [0.29, 0.717) is 17.0 Å². The summed E-state index contributed by atoms with van der Waals surface area (Å²) >= 11 is 0. The molecule has 1 unspecified atom stereocenters. The summed E-state index contributed by atoms with van der Waals surface area (Å²) in [5.41, 5.74) is 0.822. The van der Waals surface area contributed by atoms with Crippen molar-refractivity contribution in [1.29, 1.82) is 0 Å². The van der Waals surface area contributed by atoms with Crippen molar-refractivity contribution in [3.63, 3.8) is 0 Å². The molecule has 1 aliphatic carbocycles. The van der Waals surface area contributed by atoms with Gasteiger partial charge in [-0.05, 0) is 66.9 Å². The van der Waals surface area contributed by atoms with E-state index in [1.54, 1.807) is 30.3 Å². The second-order valence-electron chi connectivity index (χ2n) is 8.57. The highest BCUT2D eigenvalue weighted by Crippen LogP contribution is 2.31. The van der Waals surface area contributed by atoms with Crippen LogP contribution in [0.5, 0.6) is 5.75 Å². The van der Waals surface area contributed by atoms with Crippen molar-refractivity contribution < 1.29 is 27.9 Å². The van der Waals surface area contributed by atoms with Crippen LogP contribution in [-0.2, 0) is 9.59 Å². The number of hydrogen-bond acceptors (Lipinski definition) is 5. The van der Waals surface area contributed by atoms with Gasteiger partial charge in [-0.2, -0.15) is 0 Å². The molecule has 188 valence electrons. The summed E-state index contributed by atoms with van der Waals surface area (Å²) in [6, 6.07) is 14.1. The van der Waals surface area contributed by atoms with Gasteiger partial charge in [0.25, 0.3) is 5.91 Å². The van der Waals surface area contributed by atoms with E-state index in [1.165, 1.54) is 48.6 Å². The summed E-state index contributed by atoms with van der Waals surface area (Å²) in [5, 5.41) is 5.60. The van der Waals surface area contributed by atoms with E-state index >= 15 is 0 Å². The molecule has 9 heteroatoms. The summed E-state index contributed by atoms with van der Waals surface area (Å²) in [7, 11) is 1.51. The summed E-state index contributed by atoms with van der Waals surface area (Å²) in [5.74, 6) is -1.41. The molecule has 0 aliphatic heterocycles. The van der Waals surface area contributed by atoms with Gasteiger partial charge in [-0.1, -0.05) is 25.0 Å². The average Bonchev–Trinajstić information content (AvgIpc) is 3.61. The summed E-state index contributed by atoms with van der Waals surface area (Å²) < 4.78 is 24.2. The number of nitrogens with one attached hydrogen (secondary N) is 2.